The standard InChI is InChI=1S/C13H21N3O3/c1-13(2,18-3)6-7-19-9-11-5-4-10(8-15-11)12(17)16-14/h4-5,8H,6-7,9,14H2,1-3H3,(H,16,17). The van der Waals surface area contributed by atoms with Gasteiger partial charge in [0.15, 0.2) is 0 Å². The molecule has 0 unspecified atom stereocenters. The normalized spacial score (nSPS) is 11.4. The fourth-order valence-electron chi connectivity index (χ4n) is 1.32. The first-order valence-electron chi connectivity index (χ1n) is 6.07. The zero-order valence-corrected chi connectivity index (χ0v) is 11.6. The van der Waals surface area contributed by atoms with Crippen molar-refractivity contribution in [2.75, 3.05) is 13.7 Å². The summed E-state index contributed by atoms with van der Waals surface area (Å²) in [6, 6.07) is 3.40. The smallest absolute Gasteiger partial charge is 0.266 e. The second-order valence-electron chi connectivity index (χ2n) is 4.78. The highest BCUT2D eigenvalue weighted by Crippen LogP contribution is 2.13. The summed E-state index contributed by atoms with van der Waals surface area (Å²) >= 11 is 0. The van der Waals surface area contributed by atoms with Crippen molar-refractivity contribution in [2.24, 2.45) is 5.84 Å². The van der Waals surface area contributed by atoms with Crippen LogP contribution in [0, 0.1) is 0 Å². The Morgan fingerprint density at radius 3 is 2.74 bits per heavy atom. The van der Waals surface area contributed by atoms with E-state index in [4.69, 9.17) is 15.3 Å². The van der Waals surface area contributed by atoms with E-state index in [2.05, 4.69) is 10.4 Å². The number of carbonyl (C=O) groups is 1. The number of nitrogens with zero attached hydrogens (tertiary/aromatic N) is 1. The molecule has 0 radical (unpaired) electrons. The number of methoxy groups -OCH3 is 1. The first-order chi connectivity index (χ1) is 8.98. The number of amides is 1. The molecule has 0 aliphatic carbocycles. The topological polar surface area (TPSA) is 86.5 Å². The molecule has 3 N–H and O–H groups in total. The Balaban J connectivity index is 2.36. The molecule has 0 spiro atoms. The molecule has 0 bridgehead atoms. The van der Waals surface area contributed by atoms with Crippen LogP contribution in [0.25, 0.3) is 0 Å². The highest BCUT2D eigenvalue weighted by molar-refractivity contribution is 5.93. The molecule has 0 fully saturated rings. The molecule has 0 aliphatic heterocycles. The number of pyridine rings is 1. The number of hydrogen-bond donors (Lipinski definition) is 2. The van der Waals surface area contributed by atoms with E-state index in [1.54, 1.807) is 19.2 Å². The number of ether oxygens (including phenoxy) is 2. The first-order valence-corrected chi connectivity index (χ1v) is 6.07. The molecule has 1 heterocycles. The highest BCUT2D eigenvalue weighted by Gasteiger charge is 2.15. The predicted octanol–water partition coefficient (Wildman–Crippen LogP) is 1.02. The minimum Gasteiger partial charge on any atom is -0.379 e. The molecule has 1 rings (SSSR count). The number of nitrogens with one attached hydrogen (secondary N) is 1. The van der Waals surface area contributed by atoms with Crippen LogP contribution in [0.1, 0.15) is 36.3 Å². The van der Waals surface area contributed by atoms with Crippen molar-refractivity contribution in [1.29, 1.82) is 0 Å². The van der Waals surface area contributed by atoms with E-state index < -0.39 is 0 Å². The molecule has 19 heavy (non-hydrogen) atoms. The quantitative estimate of drug-likeness (QED) is 0.333. The van der Waals surface area contributed by atoms with Gasteiger partial charge in [0.25, 0.3) is 5.91 Å². The van der Waals surface area contributed by atoms with Gasteiger partial charge in [-0.3, -0.25) is 15.2 Å². The van der Waals surface area contributed by atoms with Gasteiger partial charge in [-0.25, -0.2) is 5.84 Å². The van der Waals surface area contributed by atoms with E-state index in [1.165, 1.54) is 6.20 Å². The highest BCUT2D eigenvalue weighted by atomic mass is 16.5. The Morgan fingerprint density at radius 2 is 2.21 bits per heavy atom. The van der Waals surface area contributed by atoms with Crippen LogP contribution in [-0.2, 0) is 16.1 Å². The summed E-state index contributed by atoms with van der Waals surface area (Å²) < 4.78 is 10.8. The molecule has 1 amide bonds. The molecule has 1 aromatic heterocycles. The van der Waals surface area contributed by atoms with Crippen molar-refractivity contribution >= 4 is 5.91 Å². The van der Waals surface area contributed by atoms with Gasteiger partial charge in [-0.2, -0.15) is 0 Å². The fraction of sp³-hybridized carbons (Fsp3) is 0.538. The second kappa shape index (κ2) is 7.18. The lowest BCUT2D eigenvalue weighted by atomic mass is 10.1. The molecule has 0 atom stereocenters. The Hall–Kier alpha value is -1.50. The van der Waals surface area contributed by atoms with Gasteiger partial charge in [-0.15, -0.1) is 0 Å². The average molecular weight is 267 g/mol. The molecular formula is C13H21N3O3. The van der Waals surface area contributed by atoms with Gasteiger partial charge in [0, 0.05) is 19.9 Å². The number of carbonyl (C=O) groups excluding carboxylic acids is 1. The second-order valence-corrected chi connectivity index (χ2v) is 4.78. The maximum absolute atomic E-state index is 11.2. The number of aromatic nitrogens is 1. The van der Waals surface area contributed by atoms with Crippen molar-refractivity contribution < 1.29 is 14.3 Å². The molecule has 6 heteroatoms. The molecule has 1 aromatic rings. The summed E-state index contributed by atoms with van der Waals surface area (Å²) in [7, 11) is 1.68. The number of hydrazine groups is 1. The maximum atomic E-state index is 11.2. The molecular weight excluding hydrogens is 246 g/mol. The lowest BCUT2D eigenvalue weighted by Crippen LogP contribution is -2.30. The number of nitrogens with two attached hydrogens (primary N) is 1. The van der Waals surface area contributed by atoms with E-state index in [-0.39, 0.29) is 11.5 Å². The molecule has 106 valence electrons. The van der Waals surface area contributed by atoms with Crippen LogP contribution in [0.5, 0.6) is 0 Å². The summed E-state index contributed by atoms with van der Waals surface area (Å²) in [4.78, 5) is 15.3. The average Bonchev–Trinajstić information content (AvgIpc) is 2.43. The Morgan fingerprint density at radius 1 is 1.47 bits per heavy atom. The molecule has 0 aromatic carbocycles. The van der Waals surface area contributed by atoms with E-state index in [9.17, 15) is 4.79 Å². The van der Waals surface area contributed by atoms with Crippen molar-refractivity contribution in [2.45, 2.75) is 32.5 Å². The SMILES string of the molecule is COC(C)(C)CCOCc1ccc(C(=O)NN)cn1. The third-order valence-corrected chi connectivity index (χ3v) is 2.87. The molecule has 6 nitrogen and oxygen atoms in total. The van der Waals surface area contributed by atoms with Gasteiger partial charge in [0.2, 0.25) is 0 Å². The first kappa shape index (κ1) is 15.6. The van der Waals surface area contributed by atoms with E-state index in [1.807, 2.05) is 13.8 Å². The van der Waals surface area contributed by atoms with Crippen LogP contribution < -0.4 is 11.3 Å². The lowest BCUT2D eigenvalue weighted by Gasteiger charge is -2.22. The van der Waals surface area contributed by atoms with Gasteiger partial charge in [-0.05, 0) is 32.4 Å². The molecule has 0 aliphatic rings. The molecule has 0 saturated heterocycles. The summed E-state index contributed by atoms with van der Waals surface area (Å²) in [5.41, 5.74) is 3.06. The maximum Gasteiger partial charge on any atom is 0.266 e. The van der Waals surface area contributed by atoms with Crippen LogP contribution in [0.4, 0.5) is 0 Å². The molecule has 0 saturated carbocycles. The van der Waals surface area contributed by atoms with Crippen molar-refractivity contribution in [1.82, 2.24) is 10.4 Å². The van der Waals surface area contributed by atoms with E-state index in [0.29, 0.717) is 18.8 Å². The minimum absolute atomic E-state index is 0.184. The largest absolute Gasteiger partial charge is 0.379 e. The zero-order chi connectivity index (χ0) is 14.3. The summed E-state index contributed by atoms with van der Waals surface area (Å²) in [5, 5.41) is 0. The van der Waals surface area contributed by atoms with Crippen LogP contribution in [0.3, 0.4) is 0 Å². The fourth-order valence-corrected chi connectivity index (χ4v) is 1.32. The van der Waals surface area contributed by atoms with Gasteiger partial charge in [0.1, 0.15) is 0 Å². The van der Waals surface area contributed by atoms with Crippen LogP contribution in [0.15, 0.2) is 18.3 Å². The predicted molar refractivity (Wildman–Crippen MR) is 71.3 cm³/mol. The van der Waals surface area contributed by atoms with Crippen molar-refractivity contribution in [3.63, 3.8) is 0 Å². The lowest BCUT2D eigenvalue weighted by molar-refractivity contribution is -0.0128. The van der Waals surface area contributed by atoms with Crippen LogP contribution >= 0.6 is 0 Å². The summed E-state index contributed by atoms with van der Waals surface area (Å²) in [6.07, 6.45) is 2.27. The summed E-state index contributed by atoms with van der Waals surface area (Å²) in [5.74, 6) is 4.67. The van der Waals surface area contributed by atoms with E-state index >= 15 is 0 Å². The summed E-state index contributed by atoms with van der Waals surface area (Å²) in [6.45, 7) is 5.02. The van der Waals surface area contributed by atoms with Gasteiger partial charge >= 0.3 is 0 Å². The number of nitrogen functional groups attached to an aromatic ring is 1. The monoisotopic (exact) mass is 267 g/mol. The third kappa shape index (κ3) is 5.34. The van der Waals surface area contributed by atoms with Crippen LogP contribution in [-0.4, -0.2) is 30.2 Å². The van der Waals surface area contributed by atoms with E-state index in [0.717, 1.165) is 12.1 Å². The Kier molecular flexibility index (Phi) is 5.88. The number of hydrogen-bond acceptors (Lipinski definition) is 5. The van der Waals surface area contributed by atoms with Crippen molar-refractivity contribution in [3.05, 3.63) is 29.6 Å². The van der Waals surface area contributed by atoms with Gasteiger partial charge in [-0.1, -0.05) is 0 Å². The van der Waals surface area contributed by atoms with Gasteiger partial charge < -0.3 is 9.47 Å². The van der Waals surface area contributed by atoms with Crippen LogP contribution in [0.2, 0.25) is 0 Å². The van der Waals surface area contributed by atoms with Crippen molar-refractivity contribution in [3.8, 4) is 0 Å². The number of rotatable bonds is 7. The zero-order valence-electron chi connectivity index (χ0n) is 11.6. The van der Waals surface area contributed by atoms with Gasteiger partial charge in [0.05, 0.1) is 23.5 Å². The third-order valence-electron chi connectivity index (χ3n) is 2.87. The minimum atomic E-state index is -0.359. The Labute approximate surface area is 113 Å². The Bertz CT molecular complexity index is 404.